The predicted octanol–water partition coefficient (Wildman–Crippen LogP) is 4.56. The van der Waals surface area contributed by atoms with Crippen LogP contribution in [0.5, 0.6) is 5.75 Å². The lowest BCUT2D eigenvalue weighted by molar-refractivity contribution is 0.192. The molecule has 0 amide bonds. The summed E-state index contributed by atoms with van der Waals surface area (Å²) in [5.74, 6) is 1.48. The molecule has 6 rings (SSSR count). The average molecular weight is 528 g/mol. The van der Waals surface area contributed by atoms with Crippen LogP contribution in [-0.2, 0) is 0 Å². The van der Waals surface area contributed by atoms with Crippen LogP contribution in [0.1, 0.15) is 66.7 Å². The molecule has 3 heterocycles. The van der Waals surface area contributed by atoms with Crippen molar-refractivity contribution in [2.45, 2.75) is 58.0 Å². The monoisotopic (exact) mass is 527 g/mol. The highest BCUT2D eigenvalue weighted by atomic mass is 16.5. The first-order valence-electron chi connectivity index (χ1n) is 14.1. The van der Waals surface area contributed by atoms with Crippen LogP contribution in [-0.4, -0.2) is 63.4 Å². The zero-order chi connectivity index (χ0) is 26.9. The van der Waals surface area contributed by atoms with Gasteiger partial charge < -0.3 is 14.6 Å². The number of aromatic nitrogens is 5. The molecule has 1 aliphatic heterocycles. The molecule has 0 bridgehead atoms. The maximum Gasteiger partial charge on any atom is 0.253 e. The molecule has 1 N–H and O–H groups in total. The molecule has 0 radical (unpaired) electrons. The van der Waals surface area contributed by atoms with Crippen LogP contribution in [0.2, 0.25) is 0 Å². The fourth-order valence-electron chi connectivity index (χ4n) is 6.27. The molecular formula is C30H37N7O2. The summed E-state index contributed by atoms with van der Waals surface area (Å²) in [5, 5.41) is 14.1. The van der Waals surface area contributed by atoms with E-state index in [-0.39, 0.29) is 17.6 Å². The first-order chi connectivity index (χ1) is 19.0. The topological polar surface area (TPSA) is 92.2 Å². The number of H-pyrrole nitrogens is 1. The van der Waals surface area contributed by atoms with Gasteiger partial charge in [0.05, 0.1) is 18.7 Å². The number of benzene rings is 2. The lowest BCUT2D eigenvalue weighted by atomic mass is 9.95. The lowest BCUT2D eigenvalue weighted by Crippen LogP contribution is -2.49. The number of rotatable bonds is 6. The number of piperazine rings is 1. The van der Waals surface area contributed by atoms with E-state index in [4.69, 9.17) is 4.74 Å². The number of tetrazole rings is 1. The van der Waals surface area contributed by atoms with Crippen LogP contribution in [0, 0.1) is 13.8 Å². The van der Waals surface area contributed by atoms with E-state index in [0.717, 1.165) is 55.7 Å². The molecule has 1 aliphatic carbocycles. The van der Waals surface area contributed by atoms with Gasteiger partial charge in [-0.3, -0.25) is 9.69 Å². The van der Waals surface area contributed by atoms with Crippen molar-refractivity contribution in [3.05, 3.63) is 75.3 Å². The van der Waals surface area contributed by atoms with Crippen LogP contribution >= 0.6 is 0 Å². The Labute approximate surface area is 228 Å². The lowest BCUT2D eigenvalue weighted by Gasteiger charge is -2.40. The molecule has 2 fully saturated rings. The smallest absolute Gasteiger partial charge is 0.253 e. The van der Waals surface area contributed by atoms with E-state index in [9.17, 15) is 4.79 Å². The van der Waals surface area contributed by atoms with E-state index in [0.29, 0.717) is 11.3 Å². The number of hydrogen-bond acceptors (Lipinski definition) is 7. The largest absolute Gasteiger partial charge is 0.497 e. The standard InChI is InChI=1S/C30H37N7O2/c1-20-9-10-21(2)27(17-20)35-13-15-36(16-14-35)28(29-32-33-34-37(29)23-7-5-4-6-8-23)25-18-22-11-12-24(39-3)19-26(22)31-30(25)38/h9-12,17-19,23,28H,4-8,13-16H2,1-3H3,(H,31,38)/t28-/m0/s1. The Morgan fingerprint density at radius 3 is 2.54 bits per heavy atom. The molecule has 2 aliphatic rings. The summed E-state index contributed by atoms with van der Waals surface area (Å²) in [5.41, 5.74) is 5.16. The Morgan fingerprint density at radius 2 is 1.77 bits per heavy atom. The molecule has 2 aromatic carbocycles. The molecule has 1 atom stereocenters. The van der Waals surface area contributed by atoms with E-state index in [1.165, 1.54) is 36.1 Å². The summed E-state index contributed by atoms with van der Waals surface area (Å²) >= 11 is 0. The highest BCUT2D eigenvalue weighted by molar-refractivity contribution is 5.80. The minimum atomic E-state index is -0.335. The molecule has 2 aromatic heterocycles. The van der Waals surface area contributed by atoms with Crippen molar-refractivity contribution in [2.75, 3.05) is 38.2 Å². The first kappa shape index (κ1) is 25.6. The van der Waals surface area contributed by atoms with Gasteiger partial charge in [-0.2, -0.15) is 0 Å². The highest BCUT2D eigenvalue weighted by Gasteiger charge is 2.34. The van der Waals surface area contributed by atoms with Gasteiger partial charge in [0, 0.05) is 43.5 Å². The number of hydrogen-bond donors (Lipinski definition) is 1. The maximum absolute atomic E-state index is 13.7. The van der Waals surface area contributed by atoms with Gasteiger partial charge in [-0.25, -0.2) is 4.68 Å². The molecule has 4 aromatic rings. The number of ether oxygens (including phenoxy) is 1. The second-order valence-electron chi connectivity index (χ2n) is 11.0. The second kappa shape index (κ2) is 10.8. The minimum Gasteiger partial charge on any atom is -0.497 e. The molecule has 1 saturated heterocycles. The molecule has 0 spiro atoms. The zero-order valence-electron chi connectivity index (χ0n) is 23.1. The fraction of sp³-hybridized carbons (Fsp3) is 0.467. The first-order valence-corrected chi connectivity index (χ1v) is 14.1. The number of pyridine rings is 1. The third-order valence-corrected chi connectivity index (χ3v) is 8.44. The van der Waals surface area contributed by atoms with Gasteiger partial charge >= 0.3 is 0 Å². The Morgan fingerprint density at radius 1 is 0.974 bits per heavy atom. The summed E-state index contributed by atoms with van der Waals surface area (Å²) in [4.78, 5) is 21.6. The van der Waals surface area contributed by atoms with Crippen LogP contribution in [0.15, 0.2) is 47.3 Å². The molecule has 39 heavy (non-hydrogen) atoms. The summed E-state index contributed by atoms with van der Waals surface area (Å²) in [6, 6.07) is 14.4. The number of nitrogens with zero attached hydrogens (tertiary/aromatic N) is 6. The Bertz CT molecular complexity index is 1510. The van der Waals surface area contributed by atoms with Gasteiger partial charge in [0.2, 0.25) is 0 Å². The molecular weight excluding hydrogens is 490 g/mol. The highest BCUT2D eigenvalue weighted by Crippen LogP contribution is 2.34. The average Bonchev–Trinajstić information content (AvgIpc) is 3.45. The summed E-state index contributed by atoms with van der Waals surface area (Å²) < 4.78 is 7.39. The number of anilines is 1. The van der Waals surface area contributed by atoms with Gasteiger partial charge in [-0.15, -0.1) is 5.10 Å². The van der Waals surface area contributed by atoms with Gasteiger partial charge in [-0.1, -0.05) is 31.4 Å². The van der Waals surface area contributed by atoms with Crippen molar-refractivity contribution < 1.29 is 4.74 Å². The van der Waals surface area contributed by atoms with Crippen LogP contribution in [0.4, 0.5) is 5.69 Å². The molecule has 204 valence electrons. The van der Waals surface area contributed by atoms with Gasteiger partial charge in [-0.05, 0) is 77.9 Å². The summed E-state index contributed by atoms with van der Waals surface area (Å²) in [6.45, 7) is 7.65. The van der Waals surface area contributed by atoms with E-state index >= 15 is 0 Å². The van der Waals surface area contributed by atoms with Crippen LogP contribution in [0.3, 0.4) is 0 Å². The maximum atomic E-state index is 13.7. The predicted molar refractivity (Wildman–Crippen MR) is 153 cm³/mol. The molecule has 9 heteroatoms. The number of aromatic amines is 1. The quantitative estimate of drug-likeness (QED) is 0.393. The molecule has 9 nitrogen and oxygen atoms in total. The fourth-order valence-corrected chi connectivity index (χ4v) is 6.27. The third-order valence-electron chi connectivity index (χ3n) is 8.44. The van der Waals surface area contributed by atoms with Crippen molar-refractivity contribution in [3.63, 3.8) is 0 Å². The SMILES string of the molecule is COc1ccc2cc([C@@H](c3nnnn3C3CCCCC3)N3CCN(c4cc(C)ccc4C)CC3)c(=O)[nH]c2c1. The van der Waals surface area contributed by atoms with Crippen molar-refractivity contribution in [1.82, 2.24) is 30.1 Å². The van der Waals surface area contributed by atoms with E-state index in [2.05, 4.69) is 62.4 Å². The molecule has 1 saturated carbocycles. The third kappa shape index (κ3) is 5.03. The normalized spacial score (nSPS) is 18.0. The van der Waals surface area contributed by atoms with E-state index < -0.39 is 0 Å². The molecule has 0 unspecified atom stereocenters. The summed E-state index contributed by atoms with van der Waals surface area (Å²) in [7, 11) is 1.63. The van der Waals surface area contributed by atoms with Crippen molar-refractivity contribution in [3.8, 4) is 5.75 Å². The number of nitrogens with one attached hydrogen (secondary N) is 1. The van der Waals surface area contributed by atoms with Gasteiger partial charge in [0.1, 0.15) is 11.8 Å². The van der Waals surface area contributed by atoms with Crippen molar-refractivity contribution in [2.24, 2.45) is 0 Å². The Hall–Kier alpha value is -3.72. The van der Waals surface area contributed by atoms with Gasteiger partial charge in [0.25, 0.3) is 5.56 Å². The Kier molecular flexibility index (Phi) is 7.08. The van der Waals surface area contributed by atoms with Crippen molar-refractivity contribution >= 4 is 16.6 Å². The zero-order valence-corrected chi connectivity index (χ0v) is 23.1. The Balaban J connectivity index is 1.38. The van der Waals surface area contributed by atoms with Crippen LogP contribution in [0.25, 0.3) is 10.9 Å². The minimum absolute atomic E-state index is 0.115. The van der Waals surface area contributed by atoms with E-state index in [1.54, 1.807) is 7.11 Å². The van der Waals surface area contributed by atoms with Gasteiger partial charge in [0.15, 0.2) is 5.82 Å². The second-order valence-corrected chi connectivity index (χ2v) is 11.0. The van der Waals surface area contributed by atoms with E-state index in [1.807, 2.05) is 28.9 Å². The number of fused-ring (bicyclic) bond motifs is 1. The number of methoxy groups -OCH3 is 1. The number of aryl methyl sites for hydroxylation is 2. The summed E-state index contributed by atoms with van der Waals surface area (Å²) in [6.07, 6.45) is 5.76. The van der Waals surface area contributed by atoms with Crippen molar-refractivity contribution in [1.29, 1.82) is 0 Å². The van der Waals surface area contributed by atoms with Crippen LogP contribution < -0.4 is 15.2 Å².